The van der Waals surface area contributed by atoms with Crippen LogP contribution in [0.1, 0.15) is 36.0 Å². The molecule has 0 unspecified atom stereocenters. The van der Waals surface area contributed by atoms with Gasteiger partial charge in [-0.15, -0.1) is 0 Å². The van der Waals surface area contributed by atoms with Crippen molar-refractivity contribution in [3.63, 3.8) is 0 Å². The third-order valence-electron chi connectivity index (χ3n) is 3.92. The SMILES string of the molecule is CN(C(=O)c1ccc(Cl)nc1)C1CCC(CO)CC1. The summed E-state index contributed by atoms with van der Waals surface area (Å²) in [6.45, 7) is 0.255. The first kappa shape index (κ1) is 14.3. The zero-order chi connectivity index (χ0) is 13.8. The van der Waals surface area contributed by atoms with Crippen LogP contribution in [0.25, 0.3) is 0 Å². The van der Waals surface area contributed by atoms with Crippen LogP contribution in [0.3, 0.4) is 0 Å². The number of pyridine rings is 1. The summed E-state index contributed by atoms with van der Waals surface area (Å²) >= 11 is 5.72. The van der Waals surface area contributed by atoms with Gasteiger partial charge in [-0.3, -0.25) is 4.79 Å². The molecule has 2 rings (SSSR count). The Balaban J connectivity index is 1.98. The molecule has 1 fully saturated rings. The van der Waals surface area contributed by atoms with Crippen LogP contribution in [0.4, 0.5) is 0 Å². The molecule has 19 heavy (non-hydrogen) atoms. The molecule has 1 saturated carbocycles. The van der Waals surface area contributed by atoms with Crippen molar-refractivity contribution >= 4 is 17.5 Å². The molecule has 0 bridgehead atoms. The van der Waals surface area contributed by atoms with Crippen LogP contribution in [0, 0.1) is 5.92 Å². The smallest absolute Gasteiger partial charge is 0.255 e. The van der Waals surface area contributed by atoms with Crippen molar-refractivity contribution in [2.45, 2.75) is 31.7 Å². The Morgan fingerprint density at radius 1 is 1.42 bits per heavy atom. The van der Waals surface area contributed by atoms with E-state index in [9.17, 15) is 4.79 Å². The van der Waals surface area contributed by atoms with Gasteiger partial charge < -0.3 is 10.0 Å². The Bertz CT molecular complexity index is 428. The molecule has 1 amide bonds. The molecular weight excluding hydrogens is 264 g/mol. The summed E-state index contributed by atoms with van der Waals surface area (Å²) in [6.07, 6.45) is 5.39. The quantitative estimate of drug-likeness (QED) is 0.866. The number of rotatable bonds is 3. The highest BCUT2D eigenvalue weighted by atomic mass is 35.5. The lowest BCUT2D eigenvalue weighted by Gasteiger charge is -2.34. The van der Waals surface area contributed by atoms with E-state index in [0.717, 1.165) is 25.7 Å². The van der Waals surface area contributed by atoms with Crippen LogP contribution in [0.2, 0.25) is 5.15 Å². The third kappa shape index (κ3) is 3.45. The number of hydrogen-bond donors (Lipinski definition) is 1. The van der Waals surface area contributed by atoms with Crippen molar-refractivity contribution in [3.05, 3.63) is 29.0 Å². The van der Waals surface area contributed by atoms with E-state index in [1.54, 1.807) is 17.0 Å². The van der Waals surface area contributed by atoms with E-state index in [-0.39, 0.29) is 18.6 Å². The molecule has 0 atom stereocenters. The zero-order valence-corrected chi connectivity index (χ0v) is 11.8. The molecule has 1 aliphatic carbocycles. The van der Waals surface area contributed by atoms with Gasteiger partial charge in [0, 0.05) is 25.9 Å². The van der Waals surface area contributed by atoms with Gasteiger partial charge in [0.2, 0.25) is 0 Å². The summed E-state index contributed by atoms with van der Waals surface area (Å²) in [5, 5.41) is 9.52. The first-order chi connectivity index (χ1) is 9.11. The number of aliphatic hydroxyl groups is 1. The topological polar surface area (TPSA) is 53.4 Å². The molecule has 0 radical (unpaired) electrons. The van der Waals surface area contributed by atoms with E-state index in [2.05, 4.69) is 4.98 Å². The molecular formula is C14H19ClN2O2. The second-order valence-electron chi connectivity index (χ2n) is 5.14. The number of hydrogen-bond acceptors (Lipinski definition) is 3. The molecule has 1 aliphatic rings. The van der Waals surface area contributed by atoms with Gasteiger partial charge in [-0.2, -0.15) is 0 Å². The highest BCUT2D eigenvalue weighted by Crippen LogP contribution is 2.27. The van der Waals surface area contributed by atoms with Crippen molar-refractivity contribution in [1.29, 1.82) is 0 Å². The number of amides is 1. The average Bonchev–Trinajstić information content (AvgIpc) is 2.46. The fourth-order valence-electron chi connectivity index (χ4n) is 2.59. The van der Waals surface area contributed by atoms with E-state index in [1.165, 1.54) is 6.20 Å². The predicted octanol–water partition coefficient (Wildman–Crippen LogP) is 2.36. The minimum Gasteiger partial charge on any atom is -0.396 e. The lowest BCUT2D eigenvalue weighted by atomic mass is 9.86. The fraction of sp³-hybridized carbons (Fsp3) is 0.571. The molecule has 4 nitrogen and oxygen atoms in total. The van der Waals surface area contributed by atoms with Crippen LogP contribution >= 0.6 is 11.6 Å². The standard InChI is InChI=1S/C14H19ClN2O2/c1-17(12-5-2-10(9-18)3-6-12)14(19)11-4-7-13(15)16-8-11/h4,7-8,10,12,18H,2-3,5-6,9H2,1H3. The van der Waals surface area contributed by atoms with Crippen LogP contribution in [-0.2, 0) is 0 Å². The Hall–Kier alpha value is -1.13. The van der Waals surface area contributed by atoms with Gasteiger partial charge in [0.1, 0.15) is 5.15 Å². The molecule has 1 aromatic rings. The second kappa shape index (κ2) is 6.35. The lowest BCUT2D eigenvalue weighted by Crippen LogP contribution is -2.39. The Labute approximate surface area is 118 Å². The summed E-state index contributed by atoms with van der Waals surface area (Å²) < 4.78 is 0. The molecule has 0 spiro atoms. The molecule has 104 valence electrons. The van der Waals surface area contributed by atoms with Gasteiger partial charge in [-0.05, 0) is 43.7 Å². The number of carbonyl (C=O) groups excluding carboxylic acids is 1. The maximum absolute atomic E-state index is 12.3. The average molecular weight is 283 g/mol. The van der Waals surface area contributed by atoms with Gasteiger partial charge in [-0.1, -0.05) is 11.6 Å². The summed E-state index contributed by atoms with van der Waals surface area (Å²) in [5.74, 6) is 0.383. The van der Waals surface area contributed by atoms with Crippen LogP contribution in [-0.4, -0.2) is 40.6 Å². The fourth-order valence-corrected chi connectivity index (χ4v) is 2.70. The monoisotopic (exact) mass is 282 g/mol. The summed E-state index contributed by atoms with van der Waals surface area (Å²) in [7, 11) is 1.83. The number of aliphatic hydroxyl groups excluding tert-OH is 1. The van der Waals surface area contributed by atoms with E-state index >= 15 is 0 Å². The number of carbonyl (C=O) groups is 1. The summed E-state index contributed by atoms with van der Waals surface area (Å²) in [5.41, 5.74) is 0.566. The van der Waals surface area contributed by atoms with Crippen molar-refractivity contribution in [2.24, 2.45) is 5.92 Å². The van der Waals surface area contributed by atoms with Crippen molar-refractivity contribution in [2.75, 3.05) is 13.7 Å². The number of nitrogens with zero attached hydrogens (tertiary/aromatic N) is 2. The largest absolute Gasteiger partial charge is 0.396 e. The van der Waals surface area contributed by atoms with Gasteiger partial charge in [0.15, 0.2) is 0 Å². The van der Waals surface area contributed by atoms with E-state index in [1.807, 2.05) is 7.05 Å². The molecule has 5 heteroatoms. The molecule has 1 aromatic heterocycles. The predicted molar refractivity (Wildman–Crippen MR) is 74.2 cm³/mol. The summed E-state index contributed by atoms with van der Waals surface area (Å²) in [4.78, 5) is 18.0. The van der Waals surface area contributed by atoms with E-state index in [0.29, 0.717) is 16.6 Å². The highest BCUT2D eigenvalue weighted by Gasteiger charge is 2.26. The molecule has 0 aromatic carbocycles. The zero-order valence-electron chi connectivity index (χ0n) is 11.1. The first-order valence-corrected chi connectivity index (χ1v) is 6.99. The highest BCUT2D eigenvalue weighted by molar-refractivity contribution is 6.29. The minimum absolute atomic E-state index is 0.0170. The Kier molecular flexibility index (Phi) is 4.77. The molecule has 1 N–H and O–H groups in total. The van der Waals surface area contributed by atoms with E-state index in [4.69, 9.17) is 16.7 Å². The number of aromatic nitrogens is 1. The first-order valence-electron chi connectivity index (χ1n) is 6.61. The van der Waals surface area contributed by atoms with Gasteiger partial charge in [-0.25, -0.2) is 4.98 Å². The molecule has 0 aliphatic heterocycles. The minimum atomic E-state index is -0.0170. The van der Waals surface area contributed by atoms with Gasteiger partial charge >= 0.3 is 0 Å². The Morgan fingerprint density at radius 3 is 2.63 bits per heavy atom. The molecule has 1 heterocycles. The normalized spacial score (nSPS) is 23.1. The van der Waals surface area contributed by atoms with Crippen LogP contribution in [0.15, 0.2) is 18.3 Å². The second-order valence-corrected chi connectivity index (χ2v) is 5.53. The van der Waals surface area contributed by atoms with Crippen LogP contribution < -0.4 is 0 Å². The van der Waals surface area contributed by atoms with Crippen molar-refractivity contribution in [3.8, 4) is 0 Å². The van der Waals surface area contributed by atoms with Gasteiger partial charge in [0.05, 0.1) is 5.56 Å². The van der Waals surface area contributed by atoms with Gasteiger partial charge in [0.25, 0.3) is 5.91 Å². The lowest BCUT2D eigenvalue weighted by molar-refractivity contribution is 0.0652. The third-order valence-corrected chi connectivity index (χ3v) is 4.14. The van der Waals surface area contributed by atoms with E-state index < -0.39 is 0 Å². The van der Waals surface area contributed by atoms with Crippen molar-refractivity contribution in [1.82, 2.24) is 9.88 Å². The van der Waals surface area contributed by atoms with Crippen molar-refractivity contribution < 1.29 is 9.90 Å². The number of halogens is 1. The maximum Gasteiger partial charge on any atom is 0.255 e. The molecule has 0 saturated heterocycles. The van der Waals surface area contributed by atoms with Crippen LogP contribution in [0.5, 0.6) is 0 Å². The summed E-state index contributed by atoms with van der Waals surface area (Å²) in [6, 6.07) is 3.59. The Morgan fingerprint density at radius 2 is 2.11 bits per heavy atom. The maximum atomic E-state index is 12.3.